The van der Waals surface area contributed by atoms with Gasteiger partial charge in [0.15, 0.2) is 5.65 Å². The maximum Gasteiger partial charge on any atom is 0.215 e. The van der Waals surface area contributed by atoms with Gasteiger partial charge in [-0.25, -0.2) is 4.98 Å². The number of imidazole rings is 1. The minimum Gasteiger partial charge on any atom is -0.481 e. The molecule has 1 saturated heterocycles. The van der Waals surface area contributed by atoms with Crippen LogP contribution in [0.5, 0.6) is 5.88 Å². The average Bonchev–Trinajstić information content (AvgIpc) is 2.77. The molecule has 20 heavy (non-hydrogen) atoms. The molecule has 2 aromatic rings. The smallest absolute Gasteiger partial charge is 0.215 e. The van der Waals surface area contributed by atoms with E-state index in [0.29, 0.717) is 17.7 Å². The lowest BCUT2D eigenvalue weighted by atomic mass is 9.97. The van der Waals surface area contributed by atoms with Crippen molar-refractivity contribution < 1.29 is 4.74 Å². The van der Waals surface area contributed by atoms with Crippen LogP contribution in [0.15, 0.2) is 12.1 Å². The summed E-state index contributed by atoms with van der Waals surface area (Å²) in [5, 5.41) is 0. The fraction of sp³-hybridized carbons (Fsp3) is 0.571. The summed E-state index contributed by atoms with van der Waals surface area (Å²) < 4.78 is 7.21. The Balaban J connectivity index is 1.88. The Morgan fingerprint density at radius 2 is 2.05 bits per heavy atom. The number of piperidine rings is 1. The van der Waals surface area contributed by atoms with Crippen LogP contribution in [0.1, 0.15) is 12.8 Å². The molecule has 0 radical (unpaired) electrons. The van der Waals surface area contributed by atoms with Crippen molar-refractivity contribution in [1.29, 1.82) is 0 Å². The second-order valence-corrected chi connectivity index (χ2v) is 5.52. The molecule has 6 heteroatoms. The van der Waals surface area contributed by atoms with Gasteiger partial charge in [0.1, 0.15) is 5.52 Å². The fourth-order valence-electron chi connectivity index (χ4n) is 2.80. The standard InChI is InChI=1S/C14H21N5O/c1-18-7-5-10(6-8-18)9-19-13-11(16-14(19)15)3-4-12(17-13)20-2/h3-4,10H,5-9H2,1-2H3,(H2,15,16). The molecule has 0 amide bonds. The van der Waals surface area contributed by atoms with Gasteiger partial charge in [-0.2, -0.15) is 4.98 Å². The van der Waals surface area contributed by atoms with Crippen molar-refractivity contribution in [2.75, 3.05) is 33.0 Å². The SMILES string of the molecule is COc1ccc2nc(N)n(CC3CCN(C)CC3)c2n1. The number of rotatable bonds is 3. The highest BCUT2D eigenvalue weighted by molar-refractivity contribution is 5.74. The third kappa shape index (κ3) is 2.43. The van der Waals surface area contributed by atoms with E-state index in [-0.39, 0.29) is 0 Å². The van der Waals surface area contributed by atoms with E-state index in [1.54, 1.807) is 7.11 Å². The summed E-state index contributed by atoms with van der Waals surface area (Å²) in [4.78, 5) is 11.2. The molecule has 0 aromatic carbocycles. The van der Waals surface area contributed by atoms with Crippen LogP contribution >= 0.6 is 0 Å². The molecular weight excluding hydrogens is 254 g/mol. The number of likely N-dealkylation sites (tertiary alicyclic amines) is 1. The zero-order chi connectivity index (χ0) is 14.1. The number of nitrogens with zero attached hydrogens (tertiary/aromatic N) is 4. The van der Waals surface area contributed by atoms with Crippen LogP contribution in [0.25, 0.3) is 11.2 Å². The summed E-state index contributed by atoms with van der Waals surface area (Å²) in [5.41, 5.74) is 7.70. The number of anilines is 1. The molecule has 2 N–H and O–H groups in total. The Labute approximate surface area is 118 Å². The molecule has 1 aliphatic heterocycles. The number of ether oxygens (including phenoxy) is 1. The van der Waals surface area contributed by atoms with E-state index in [1.807, 2.05) is 16.7 Å². The second-order valence-electron chi connectivity index (χ2n) is 5.52. The van der Waals surface area contributed by atoms with E-state index >= 15 is 0 Å². The number of methoxy groups -OCH3 is 1. The molecule has 1 fully saturated rings. The number of nitrogen functional groups attached to an aromatic ring is 1. The van der Waals surface area contributed by atoms with Crippen LogP contribution in [0.2, 0.25) is 0 Å². The maximum absolute atomic E-state index is 6.05. The van der Waals surface area contributed by atoms with Crippen LogP contribution in [0.3, 0.4) is 0 Å². The van der Waals surface area contributed by atoms with Gasteiger partial charge in [0.05, 0.1) is 7.11 Å². The fourth-order valence-corrected chi connectivity index (χ4v) is 2.80. The third-order valence-electron chi connectivity index (χ3n) is 4.08. The molecule has 3 rings (SSSR count). The molecule has 1 aliphatic rings. The van der Waals surface area contributed by atoms with Crippen molar-refractivity contribution in [3.05, 3.63) is 12.1 Å². The topological polar surface area (TPSA) is 69.2 Å². The van der Waals surface area contributed by atoms with Crippen molar-refractivity contribution in [3.8, 4) is 5.88 Å². The third-order valence-corrected chi connectivity index (χ3v) is 4.08. The van der Waals surface area contributed by atoms with E-state index in [9.17, 15) is 0 Å². The number of pyridine rings is 1. The largest absolute Gasteiger partial charge is 0.481 e. The van der Waals surface area contributed by atoms with Crippen LogP contribution in [0.4, 0.5) is 5.95 Å². The first-order valence-corrected chi connectivity index (χ1v) is 7.02. The predicted molar refractivity (Wildman–Crippen MR) is 78.7 cm³/mol. The summed E-state index contributed by atoms with van der Waals surface area (Å²) in [5.74, 6) is 1.78. The lowest BCUT2D eigenvalue weighted by Gasteiger charge is -2.29. The summed E-state index contributed by atoms with van der Waals surface area (Å²) in [7, 11) is 3.79. The lowest BCUT2D eigenvalue weighted by Crippen LogP contribution is -2.32. The van der Waals surface area contributed by atoms with E-state index in [2.05, 4.69) is 21.9 Å². The highest BCUT2D eigenvalue weighted by atomic mass is 16.5. The second kappa shape index (κ2) is 5.28. The number of aromatic nitrogens is 3. The minimum atomic E-state index is 0.541. The molecular formula is C14H21N5O. The van der Waals surface area contributed by atoms with E-state index in [4.69, 9.17) is 10.5 Å². The summed E-state index contributed by atoms with van der Waals surface area (Å²) >= 11 is 0. The van der Waals surface area contributed by atoms with Gasteiger partial charge >= 0.3 is 0 Å². The quantitative estimate of drug-likeness (QED) is 0.916. The number of nitrogens with two attached hydrogens (primary N) is 1. The van der Waals surface area contributed by atoms with E-state index < -0.39 is 0 Å². The molecule has 6 nitrogen and oxygen atoms in total. The molecule has 0 unspecified atom stereocenters. The van der Waals surface area contributed by atoms with Crippen LogP contribution in [-0.4, -0.2) is 46.7 Å². The van der Waals surface area contributed by atoms with Gasteiger partial charge in [0.25, 0.3) is 0 Å². The van der Waals surface area contributed by atoms with Crippen LogP contribution in [-0.2, 0) is 6.54 Å². The number of hydrogen-bond donors (Lipinski definition) is 1. The maximum atomic E-state index is 6.05. The summed E-state index contributed by atoms with van der Waals surface area (Å²) in [6.07, 6.45) is 2.39. The Bertz CT molecular complexity index is 601. The predicted octanol–water partition coefficient (Wildman–Crippen LogP) is 1.36. The van der Waals surface area contributed by atoms with Crippen molar-refractivity contribution in [2.24, 2.45) is 5.92 Å². The van der Waals surface area contributed by atoms with Gasteiger partial charge in [-0.05, 0) is 45.0 Å². The van der Waals surface area contributed by atoms with Crippen LogP contribution < -0.4 is 10.5 Å². The Kier molecular flexibility index (Phi) is 3.48. The van der Waals surface area contributed by atoms with Crippen LogP contribution in [0, 0.1) is 5.92 Å². The van der Waals surface area contributed by atoms with Gasteiger partial charge < -0.3 is 15.4 Å². The van der Waals surface area contributed by atoms with Gasteiger partial charge in [0, 0.05) is 12.6 Å². The van der Waals surface area contributed by atoms with E-state index in [1.165, 1.54) is 12.8 Å². The van der Waals surface area contributed by atoms with Crippen molar-refractivity contribution in [2.45, 2.75) is 19.4 Å². The Morgan fingerprint density at radius 3 is 2.75 bits per heavy atom. The lowest BCUT2D eigenvalue weighted by molar-refractivity contribution is 0.206. The Morgan fingerprint density at radius 1 is 1.30 bits per heavy atom. The molecule has 0 saturated carbocycles. The number of fused-ring (bicyclic) bond motifs is 1. The van der Waals surface area contributed by atoms with Crippen molar-refractivity contribution in [3.63, 3.8) is 0 Å². The molecule has 0 aliphatic carbocycles. The molecule has 0 atom stereocenters. The van der Waals surface area contributed by atoms with Gasteiger partial charge in [-0.3, -0.25) is 4.57 Å². The summed E-state index contributed by atoms with van der Waals surface area (Å²) in [6.45, 7) is 3.18. The molecule has 2 aromatic heterocycles. The molecule has 3 heterocycles. The van der Waals surface area contributed by atoms with Crippen molar-refractivity contribution >= 4 is 17.1 Å². The Hall–Kier alpha value is -1.82. The van der Waals surface area contributed by atoms with Gasteiger partial charge in [0.2, 0.25) is 11.8 Å². The monoisotopic (exact) mass is 275 g/mol. The summed E-state index contributed by atoms with van der Waals surface area (Å²) in [6, 6.07) is 3.72. The average molecular weight is 275 g/mol. The number of hydrogen-bond acceptors (Lipinski definition) is 5. The highest BCUT2D eigenvalue weighted by Crippen LogP contribution is 2.24. The van der Waals surface area contributed by atoms with Gasteiger partial charge in [-0.15, -0.1) is 0 Å². The normalized spacial score (nSPS) is 17.7. The first-order valence-electron chi connectivity index (χ1n) is 7.02. The first kappa shape index (κ1) is 13.2. The van der Waals surface area contributed by atoms with Gasteiger partial charge in [-0.1, -0.05) is 0 Å². The van der Waals surface area contributed by atoms with Crippen molar-refractivity contribution in [1.82, 2.24) is 19.4 Å². The molecule has 0 bridgehead atoms. The highest BCUT2D eigenvalue weighted by Gasteiger charge is 2.20. The molecule has 108 valence electrons. The zero-order valence-corrected chi connectivity index (χ0v) is 12.0. The zero-order valence-electron chi connectivity index (χ0n) is 12.0. The van der Waals surface area contributed by atoms with E-state index in [0.717, 1.165) is 30.8 Å². The first-order chi connectivity index (χ1) is 9.67. The minimum absolute atomic E-state index is 0.541. The molecule has 0 spiro atoms.